The van der Waals surface area contributed by atoms with E-state index in [9.17, 15) is 0 Å². The summed E-state index contributed by atoms with van der Waals surface area (Å²) in [6.45, 7) is 9.91. The van der Waals surface area contributed by atoms with E-state index in [1.165, 1.54) is 21.9 Å². The Morgan fingerprint density at radius 3 is 2.00 bits per heavy atom. The molecule has 1 unspecified atom stereocenters. The van der Waals surface area contributed by atoms with E-state index in [0.29, 0.717) is 12.0 Å². The van der Waals surface area contributed by atoms with Gasteiger partial charge in [0.1, 0.15) is 0 Å². The summed E-state index contributed by atoms with van der Waals surface area (Å²) in [5.41, 5.74) is 2.84. The molecule has 0 aliphatic rings. The molecule has 0 bridgehead atoms. The number of nitrogens with one attached hydrogen (secondary N) is 1. The van der Waals surface area contributed by atoms with Gasteiger partial charge in [0.25, 0.3) is 0 Å². The molecular weight excluding hydrogens is 218 g/mol. The van der Waals surface area contributed by atoms with Crippen molar-refractivity contribution in [1.29, 1.82) is 0 Å². The molecule has 0 aromatic heterocycles. The quantitative estimate of drug-likeness (QED) is 0.822. The van der Waals surface area contributed by atoms with Crippen LogP contribution in [0.3, 0.4) is 0 Å². The number of rotatable bonds is 4. The van der Waals surface area contributed by atoms with Crippen LogP contribution in [0.4, 0.5) is 0 Å². The highest BCUT2D eigenvalue weighted by molar-refractivity contribution is 5.89. The van der Waals surface area contributed by atoms with E-state index in [-0.39, 0.29) is 0 Å². The van der Waals surface area contributed by atoms with Crippen LogP contribution in [0.5, 0.6) is 0 Å². The molecule has 0 aliphatic heterocycles. The largest absolute Gasteiger partial charge is 0.310 e. The maximum atomic E-state index is 3.50. The van der Waals surface area contributed by atoms with Crippen LogP contribution < -0.4 is 5.32 Å². The Morgan fingerprint density at radius 2 is 1.44 bits per heavy atom. The van der Waals surface area contributed by atoms with Gasteiger partial charge in [-0.1, -0.05) is 57.2 Å². The van der Waals surface area contributed by atoms with Crippen molar-refractivity contribution in [2.45, 2.75) is 39.7 Å². The monoisotopic (exact) mass is 241 g/mol. The minimum absolute atomic E-state index is 0.404. The third-order valence-electron chi connectivity index (χ3n) is 3.59. The minimum atomic E-state index is 0.404. The van der Waals surface area contributed by atoms with Crippen LogP contribution in [0.25, 0.3) is 10.8 Å². The van der Waals surface area contributed by atoms with Gasteiger partial charge in [-0.05, 0) is 41.3 Å². The minimum Gasteiger partial charge on any atom is -0.310 e. The van der Waals surface area contributed by atoms with Crippen molar-refractivity contribution in [3.05, 3.63) is 47.5 Å². The summed E-state index contributed by atoms with van der Waals surface area (Å²) in [5, 5.41) is 6.29. The molecule has 18 heavy (non-hydrogen) atoms. The Balaban J connectivity index is 2.60. The summed E-state index contributed by atoms with van der Waals surface area (Å²) >= 11 is 0. The highest BCUT2D eigenvalue weighted by atomic mass is 14.9. The fourth-order valence-electron chi connectivity index (χ4n) is 2.64. The fourth-order valence-corrected chi connectivity index (χ4v) is 2.64. The number of fused-ring (bicyclic) bond motifs is 1. The summed E-state index contributed by atoms with van der Waals surface area (Å²) in [6, 6.07) is 13.7. The molecule has 0 saturated heterocycles. The lowest BCUT2D eigenvalue weighted by atomic mass is 9.91. The molecule has 2 aromatic carbocycles. The lowest BCUT2D eigenvalue weighted by molar-refractivity contribution is 0.601. The zero-order valence-corrected chi connectivity index (χ0v) is 11.8. The van der Waals surface area contributed by atoms with Crippen LogP contribution in [-0.2, 0) is 0 Å². The SMILES string of the molecule is CCNC(C)c1ccc(C(C)C)c2ccccc12. The molecule has 0 fully saturated rings. The molecule has 0 saturated carbocycles. The van der Waals surface area contributed by atoms with Gasteiger partial charge in [-0.3, -0.25) is 0 Å². The lowest BCUT2D eigenvalue weighted by Gasteiger charge is -2.18. The van der Waals surface area contributed by atoms with Crippen LogP contribution >= 0.6 is 0 Å². The molecule has 1 nitrogen and oxygen atoms in total. The maximum Gasteiger partial charge on any atom is 0.0297 e. The predicted molar refractivity (Wildman–Crippen MR) is 80.1 cm³/mol. The first-order valence-corrected chi connectivity index (χ1v) is 6.90. The number of benzene rings is 2. The molecule has 0 spiro atoms. The van der Waals surface area contributed by atoms with Crippen molar-refractivity contribution in [3.63, 3.8) is 0 Å². The van der Waals surface area contributed by atoms with E-state index >= 15 is 0 Å². The number of hydrogen-bond acceptors (Lipinski definition) is 1. The molecule has 0 radical (unpaired) electrons. The van der Waals surface area contributed by atoms with Crippen molar-refractivity contribution < 1.29 is 0 Å². The first kappa shape index (κ1) is 13.1. The zero-order chi connectivity index (χ0) is 13.1. The molecular formula is C17H23N. The predicted octanol–water partition coefficient (Wildman–Crippen LogP) is 4.63. The van der Waals surface area contributed by atoms with Gasteiger partial charge in [-0.25, -0.2) is 0 Å². The molecule has 1 heteroatoms. The molecule has 1 atom stereocenters. The van der Waals surface area contributed by atoms with Gasteiger partial charge in [0.05, 0.1) is 0 Å². The average molecular weight is 241 g/mol. The maximum absolute atomic E-state index is 3.50. The van der Waals surface area contributed by atoms with Crippen molar-refractivity contribution in [1.82, 2.24) is 5.32 Å². The van der Waals surface area contributed by atoms with E-state index < -0.39 is 0 Å². The van der Waals surface area contributed by atoms with Gasteiger partial charge in [-0.15, -0.1) is 0 Å². The molecule has 0 heterocycles. The average Bonchev–Trinajstić information content (AvgIpc) is 2.37. The standard InChI is InChI=1S/C17H23N/c1-5-18-13(4)15-11-10-14(12(2)3)16-8-6-7-9-17(15)16/h6-13,18H,5H2,1-4H3. The lowest BCUT2D eigenvalue weighted by Crippen LogP contribution is -2.18. The number of hydrogen-bond donors (Lipinski definition) is 1. The first-order valence-electron chi connectivity index (χ1n) is 6.90. The second-order valence-electron chi connectivity index (χ2n) is 5.22. The van der Waals surface area contributed by atoms with Crippen LogP contribution in [0.15, 0.2) is 36.4 Å². The summed E-state index contributed by atoms with van der Waals surface area (Å²) < 4.78 is 0. The summed E-state index contributed by atoms with van der Waals surface area (Å²) in [6.07, 6.45) is 0. The Bertz CT molecular complexity index is 528. The highest BCUT2D eigenvalue weighted by Crippen LogP contribution is 2.30. The zero-order valence-electron chi connectivity index (χ0n) is 11.8. The van der Waals surface area contributed by atoms with Gasteiger partial charge in [0.15, 0.2) is 0 Å². The van der Waals surface area contributed by atoms with E-state index in [1.54, 1.807) is 0 Å². The van der Waals surface area contributed by atoms with Gasteiger partial charge in [0, 0.05) is 6.04 Å². The first-order chi connectivity index (χ1) is 8.65. The smallest absolute Gasteiger partial charge is 0.0297 e. The summed E-state index contributed by atoms with van der Waals surface area (Å²) in [7, 11) is 0. The molecule has 0 aliphatic carbocycles. The molecule has 0 amide bonds. The van der Waals surface area contributed by atoms with Gasteiger partial charge >= 0.3 is 0 Å². The van der Waals surface area contributed by atoms with Crippen LogP contribution in [0, 0.1) is 0 Å². The summed E-state index contributed by atoms with van der Waals surface area (Å²) in [5.74, 6) is 0.568. The summed E-state index contributed by atoms with van der Waals surface area (Å²) in [4.78, 5) is 0. The van der Waals surface area contributed by atoms with E-state index in [4.69, 9.17) is 0 Å². The van der Waals surface area contributed by atoms with Crippen LogP contribution in [0.2, 0.25) is 0 Å². The van der Waals surface area contributed by atoms with Crippen molar-refractivity contribution in [2.75, 3.05) is 6.54 Å². The van der Waals surface area contributed by atoms with E-state index in [1.807, 2.05) is 0 Å². The van der Waals surface area contributed by atoms with E-state index in [2.05, 4.69) is 69.4 Å². The van der Waals surface area contributed by atoms with Crippen molar-refractivity contribution >= 4 is 10.8 Å². The molecule has 96 valence electrons. The Labute approximate surface area is 110 Å². The van der Waals surface area contributed by atoms with Crippen molar-refractivity contribution in [3.8, 4) is 0 Å². The normalized spacial score (nSPS) is 13.2. The highest BCUT2D eigenvalue weighted by Gasteiger charge is 2.11. The molecule has 2 rings (SSSR count). The van der Waals surface area contributed by atoms with Gasteiger partial charge in [0.2, 0.25) is 0 Å². The van der Waals surface area contributed by atoms with Gasteiger partial charge < -0.3 is 5.32 Å². The topological polar surface area (TPSA) is 12.0 Å². The Hall–Kier alpha value is -1.34. The molecule has 2 aromatic rings. The van der Waals surface area contributed by atoms with Crippen molar-refractivity contribution in [2.24, 2.45) is 0 Å². The van der Waals surface area contributed by atoms with Gasteiger partial charge in [-0.2, -0.15) is 0 Å². The third-order valence-corrected chi connectivity index (χ3v) is 3.59. The molecule has 1 N–H and O–H groups in total. The fraction of sp³-hybridized carbons (Fsp3) is 0.412. The third kappa shape index (κ3) is 2.41. The second kappa shape index (κ2) is 5.53. The Kier molecular flexibility index (Phi) is 4.03. The Morgan fingerprint density at radius 1 is 0.889 bits per heavy atom. The van der Waals surface area contributed by atoms with E-state index in [0.717, 1.165) is 6.54 Å². The van der Waals surface area contributed by atoms with Crippen LogP contribution in [0.1, 0.15) is 50.8 Å². The second-order valence-corrected chi connectivity index (χ2v) is 5.22. The van der Waals surface area contributed by atoms with Crippen LogP contribution in [-0.4, -0.2) is 6.54 Å².